The number of benzene rings is 1. The fourth-order valence-electron chi connectivity index (χ4n) is 3.59. The topological polar surface area (TPSA) is 76.1 Å². The summed E-state index contributed by atoms with van der Waals surface area (Å²) in [5, 5.41) is 0. The van der Waals surface area contributed by atoms with Crippen molar-refractivity contribution in [3.63, 3.8) is 0 Å². The Labute approximate surface area is 174 Å². The van der Waals surface area contributed by atoms with Gasteiger partial charge in [-0.05, 0) is 31.9 Å². The summed E-state index contributed by atoms with van der Waals surface area (Å²) in [6.07, 6.45) is 7.00. The maximum absolute atomic E-state index is 12.8. The van der Waals surface area contributed by atoms with Crippen molar-refractivity contribution in [2.24, 2.45) is 0 Å². The second-order valence-electron chi connectivity index (χ2n) is 7.84. The van der Waals surface area contributed by atoms with Gasteiger partial charge in [0.2, 0.25) is 14.2 Å². The molecule has 8 heteroatoms. The zero-order valence-corrected chi connectivity index (χ0v) is 17.8. The van der Waals surface area contributed by atoms with Crippen LogP contribution in [-0.2, 0) is 29.3 Å². The van der Waals surface area contributed by atoms with E-state index in [1.165, 1.54) is 35.4 Å². The first-order chi connectivity index (χ1) is 14.0. The summed E-state index contributed by atoms with van der Waals surface area (Å²) in [6.45, 7) is 4.32. The number of hydrogen-bond acceptors (Lipinski definition) is 7. The van der Waals surface area contributed by atoms with Gasteiger partial charge < -0.3 is 0 Å². The van der Waals surface area contributed by atoms with Gasteiger partial charge in [0.25, 0.3) is 0 Å². The Morgan fingerprint density at radius 2 is 1.93 bits per heavy atom. The predicted octanol–water partition coefficient (Wildman–Crippen LogP) is 3.51. The summed E-state index contributed by atoms with van der Waals surface area (Å²) in [7, 11) is -3.56. The minimum absolute atomic E-state index is 0.158. The maximum Gasteiger partial charge on any atom is 0.233 e. The minimum atomic E-state index is -3.56. The van der Waals surface area contributed by atoms with Crippen molar-refractivity contribution >= 4 is 21.2 Å². The number of hydrogen-bond donors (Lipinski definition) is 0. The van der Waals surface area contributed by atoms with E-state index in [-0.39, 0.29) is 4.34 Å². The lowest BCUT2D eigenvalue weighted by molar-refractivity contribution is 0.244. The van der Waals surface area contributed by atoms with E-state index in [0.29, 0.717) is 17.4 Å². The number of nitrogens with zero attached hydrogens (tertiary/aromatic N) is 4. The van der Waals surface area contributed by atoms with E-state index in [0.717, 1.165) is 35.8 Å². The van der Waals surface area contributed by atoms with Crippen LogP contribution in [0.2, 0.25) is 0 Å². The van der Waals surface area contributed by atoms with Crippen molar-refractivity contribution in [1.82, 2.24) is 19.9 Å². The van der Waals surface area contributed by atoms with Gasteiger partial charge in [-0.15, -0.1) is 11.3 Å². The summed E-state index contributed by atoms with van der Waals surface area (Å²) >= 11 is 1.26. The van der Waals surface area contributed by atoms with Crippen LogP contribution in [0.4, 0.5) is 0 Å². The van der Waals surface area contributed by atoms with E-state index in [9.17, 15) is 8.42 Å². The molecule has 1 fully saturated rings. The highest BCUT2D eigenvalue weighted by Crippen LogP contribution is 2.38. The largest absolute Gasteiger partial charge is 0.293 e. The Balaban J connectivity index is 1.30. The molecule has 1 aliphatic heterocycles. The molecule has 0 radical (unpaired) electrons. The fourth-order valence-corrected chi connectivity index (χ4v) is 6.21. The van der Waals surface area contributed by atoms with E-state index in [1.54, 1.807) is 18.3 Å². The normalized spacial score (nSPS) is 17.3. The van der Waals surface area contributed by atoms with Crippen LogP contribution in [0.15, 0.2) is 45.9 Å². The number of thiazole rings is 1. The number of aryl methyl sites for hydroxylation is 1. The van der Waals surface area contributed by atoms with Crippen LogP contribution in [-0.4, -0.2) is 34.8 Å². The van der Waals surface area contributed by atoms with Crippen LogP contribution >= 0.6 is 11.3 Å². The van der Waals surface area contributed by atoms with Crippen molar-refractivity contribution in [2.75, 3.05) is 6.54 Å². The SMILES string of the molecule is Cc1ccc(S(=O)(=O)c2ncc(CN3CCc4nc(C5CC5)ncc4C3)s2)cc1. The molecule has 150 valence electrons. The third kappa shape index (κ3) is 3.84. The van der Waals surface area contributed by atoms with Crippen molar-refractivity contribution in [3.05, 3.63) is 64.2 Å². The second kappa shape index (κ2) is 7.27. The third-order valence-corrected chi connectivity index (χ3v) is 8.59. The van der Waals surface area contributed by atoms with Crippen LogP contribution in [0, 0.1) is 6.92 Å². The molecule has 29 heavy (non-hydrogen) atoms. The van der Waals surface area contributed by atoms with Gasteiger partial charge in [0.1, 0.15) is 5.82 Å². The van der Waals surface area contributed by atoms with Crippen LogP contribution in [0.1, 0.15) is 46.3 Å². The lowest BCUT2D eigenvalue weighted by atomic mass is 10.1. The van der Waals surface area contributed by atoms with Crippen molar-refractivity contribution in [3.8, 4) is 0 Å². The van der Waals surface area contributed by atoms with Gasteiger partial charge in [-0.2, -0.15) is 0 Å². The number of rotatable bonds is 5. The minimum Gasteiger partial charge on any atom is -0.293 e. The molecule has 5 rings (SSSR count). The Hall–Kier alpha value is -2.16. The zero-order chi connectivity index (χ0) is 20.0. The number of aromatic nitrogens is 3. The summed E-state index contributed by atoms with van der Waals surface area (Å²) in [6, 6.07) is 6.90. The standard InChI is InChI=1S/C21H22N4O2S2/c1-14-2-6-18(7-3-14)29(26,27)21-23-11-17(28-21)13-25-9-8-19-16(12-25)10-22-20(24-19)15-4-5-15/h2-3,6-7,10-11,15H,4-5,8-9,12-13H2,1H3. The van der Waals surface area contributed by atoms with Gasteiger partial charge >= 0.3 is 0 Å². The molecular formula is C21H22N4O2S2. The molecule has 0 bridgehead atoms. The molecular weight excluding hydrogens is 404 g/mol. The van der Waals surface area contributed by atoms with Gasteiger partial charge in [-0.1, -0.05) is 17.7 Å². The molecule has 1 saturated carbocycles. The molecule has 0 unspecified atom stereocenters. The Bertz CT molecular complexity index is 1150. The monoisotopic (exact) mass is 426 g/mol. The first-order valence-corrected chi connectivity index (χ1v) is 12.1. The number of sulfone groups is 1. The predicted molar refractivity (Wildman–Crippen MR) is 111 cm³/mol. The second-order valence-corrected chi connectivity index (χ2v) is 11.1. The summed E-state index contributed by atoms with van der Waals surface area (Å²) in [4.78, 5) is 17.1. The van der Waals surface area contributed by atoms with Gasteiger partial charge in [0.05, 0.1) is 4.90 Å². The van der Waals surface area contributed by atoms with Gasteiger partial charge in [-0.25, -0.2) is 23.4 Å². The molecule has 0 N–H and O–H groups in total. The molecule has 0 saturated heterocycles. The summed E-state index contributed by atoms with van der Waals surface area (Å²) < 4.78 is 25.8. The molecule has 1 aromatic carbocycles. The van der Waals surface area contributed by atoms with Crippen LogP contribution in [0.5, 0.6) is 0 Å². The third-order valence-electron chi connectivity index (χ3n) is 5.45. The quantitative estimate of drug-likeness (QED) is 0.621. The lowest BCUT2D eigenvalue weighted by Gasteiger charge is -2.27. The fraction of sp³-hybridized carbons (Fsp3) is 0.381. The molecule has 3 aromatic rings. The maximum atomic E-state index is 12.8. The number of fused-ring (bicyclic) bond motifs is 1. The molecule has 0 amide bonds. The Kier molecular flexibility index (Phi) is 4.72. The van der Waals surface area contributed by atoms with Crippen molar-refractivity contribution in [1.29, 1.82) is 0 Å². The first kappa shape index (κ1) is 18.8. The van der Waals surface area contributed by atoms with Gasteiger partial charge in [0, 0.05) is 60.5 Å². The Morgan fingerprint density at radius 3 is 2.69 bits per heavy atom. The first-order valence-electron chi connectivity index (χ1n) is 9.82. The van der Waals surface area contributed by atoms with E-state index < -0.39 is 9.84 Å². The zero-order valence-electron chi connectivity index (χ0n) is 16.2. The summed E-state index contributed by atoms with van der Waals surface area (Å²) in [5.74, 6) is 1.58. The molecule has 1 aliphatic carbocycles. The smallest absolute Gasteiger partial charge is 0.233 e. The average Bonchev–Trinajstić information content (AvgIpc) is 3.46. The highest BCUT2D eigenvalue weighted by molar-refractivity contribution is 7.93. The summed E-state index contributed by atoms with van der Waals surface area (Å²) in [5.41, 5.74) is 3.38. The highest BCUT2D eigenvalue weighted by atomic mass is 32.2. The molecule has 0 spiro atoms. The van der Waals surface area contributed by atoms with E-state index >= 15 is 0 Å². The molecule has 3 heterocycles. The van der Waals surface area contributed by atoms with Crippen LogP contribution in [0.3, 0.4) is 0 Å². The average molecular weight is 427 g/mol. The van der Waals surface area contributed by atoms with E-state index in [4.69, 9.17) is 4.98 Å². The molecule has 6 nitrogen and oxygen atoms in total. The van der Waals surface area contributed by atoms with Crippen molar-refractivity contribution < 1.29 is 8.42 Å². The molecule has 0 atom stereocenters. The van der Waals surface area contributed by atoms with Crippen LogP contribution < -0.4 is 0 Å². The highest BCUT2D eigenvalue weighted by Gasteiger charge is 2.28. The lowest BCUT2D eigenvalue weighted by Crippen LogP contribution is -2.30. The van der Waals surface area contributed by atoms with Crippen LogP contribution in [0.25, 0.3) is 0 Å². The molecule has 2 aromatic heterocycles. The molecule has 2 aliphatic rings. The van der Waals surface area contributed by atoms with Gasteiger partial charge in [-0.3, -0.25) is 4.90 Å². The van der Waals surface area contributed by atoms with Gasteiger partial charge in [0.15, 0.2) is 0 Å². The van der Waals surface area contributed by atoms with E-state index in [1.807, 2.05) is 25.3 Å². The van der Waals surface area contributed by atoms with Crippen molar-refractivity contribution in [2.45, 2.75) is 54.4 Å². The Morgan fingerprint density at radius 1 is 1.14 bits per heavy atom. The van der Waals surface area contributed by atoms with E-state index in [2.05, 4.69) is 14.9 Å².